The van der Waals surface area contributed by atoms with Crippen LogP contribution < -0.4 is 41.0 Å². The van der Waals surface area contributed by atoms with E-state index >= 15 is 0 Å². The molecule has 0 fully saturated rings. The van der Waals surface area contributed by atoms with Gasteiger partial charge in [0.05, 0.1) is 14.2 Å². The Hall–Kier alpha value is 0.300. The van der Waals surface area contributed by atoms with Crippen LogP contribution in [0.2, 0.25) is 0 Å². The van der Waals surface area contributed by atoms with Crippen LogP contribution in [0.5, 0.6) is 0 Å². The first-order valence-electron chi connectivity index (χ1n) is 2.21. The molecule has 9 heteroatoms. The summed E-state index contributed by atoms with van der Waals surface area (Å²) in [4.78, 5) is 0. The van der Waals surface area contributed by atoms with Gasteiger partial charge in [0.1, 0.15) is 0 Å². The van der Waals surface area contributed by atoms with Crippen LogP contribution in [0.1, 0.15) is 1.43 Å². The van der Waals surface area contributed by atoms with Crippen LogP contribution in [0.4, 0.5) is 0 Å². The van der Waals surface area contributed by atoms with Crippen molar-refractivity contribution in [3.05, 3.63) is 0 Å². The third-order valence-corrected chi connectivity index (χ3v) is 0.736. The quantitative estimate of drug-likeness (QED) is 0.323. The summed E-state index contributed by atoms with van der Waals surface area (Å²) in [6.07, 6.45) is 0. The van der Waals surface area contributed by atoms with Gasteiger partial charge in [-0.05, 0) is 24.4 Å². The van der Waals surface area contributed by atoms with E-state index in [4.69, 9.17) is 11.5 Å². The summed E-state index contributed by atoms with van der Waals surface area (Å²) in [5.41, 5.74) is 9.60. The first-order valence-corrected chi connectivity index (χ1v) is 3.03. The maximum atomic E-state index is 4.80. The van der Waals surface area contributed by atoms with Crippen molar-refractivity contribution < 1.29 is 51.4 Å². The Labute approximate surface area is 111 Å². The molecule has 0 saturated carbocycles. The Morgan fingerprint density at radius 1 is 1.00 bits per heavy atom. The largest absolute Gasteiger partial charge is 1.00 e. The molecule has 13 heavy (non-hydrogen) atoms. The second-order valence-corrected chi connectivity index (χ2v) is 1.85. The molecule has 0 aliphatic heterocycles. The van der Waals surface area contributed by atoms with E-state index in [0.29, 0.717) is 0 Å². The van der Waals surface area contributed by atoms with Crippen molar-refractivity contribution in [1.29, 1.82) is 0 Å². The molecule has 0 bridgehead atoms. The van der Waals surface area contributed by atoms with E-state index in [-0.39, 0.29) is 52.3 Å². The molecule has 8 N–H and O–H groups in total. The maximum absolute atomic E-state index is 4.80. The minimum Gasteiger partial charge on any atom is -1.00 e. The summed E-state index contributed by atoms with van der Waals surface area (Å²) in [5, 5.41) is 0.176. The van der Waals surface area contributed by atoms with Gasteiger partial charge in [-0.1, -0.05) is 0 Å². The van der Waals surface area contributed by atoms with Gasteiger partial charge in [-0.2, -0.15) is 0 Å². The van der Waals surface area contributed by atoms with Gasteiger partial charge < -0.3 is 33.3 Å². The van der Waals surface area contributed by atoms with Crippen LogP contribution in [0.3, 0.4) is 0 Å². The van der Waals surface area contributed by atoms with Crippen molar-refractivity contribution in [2.75, 3.05) is 14.2 Å². The molecule has 0 rings (SSSR count). The van der Waals surface area contributed by atoms with Gasteiger partial charge in [0.25, 0.3) is 10.3 Å². The van der Waals surface area contributed by atoms with Crippen LogP contribution in [-0.4, -0.2) is 35.5 Å². The van der Waals surface area contributed by atoms with Crippen LogP contribution in [-0.2, 0) is 9.47 Å². The van der Waals surface area contributed by atoms with Gasteiger partial charge in [0.2, 0.25) is 0 Å². The molecule has 0 aliphatic carbocycles. The summed E-state index contributed by atoms with van der Waals surface area (Å²) >= 11 is 8.50. The summed E-state index contributed by atoms with van der Waals surface area (Å²) in [6, 6.07) is 0. The second kappa shape index (κ2) is 22.8. The Morgan fingerprint density at radius 3 is 1.08 bits per heavy atom. The minimum atomic E-state index is 0. The first-order chi connectivity index (χ1) is 4.54. The molecule has 0 spiro atoms. The van der Waals surface area contributed by atoms with Crippen LogP contribution >= 0.6 is 24.4 Å². The van der Waals surface area contributed by atoms with Gasteiger partial charge in [-0.25, -0.2) is 0 Å². The number of nitrogens with two attached hydrogens (primary N) is 2. The van der Waals surface area contributed by atoms with E-state index in [1.165, 1.54) is 14.2 Å². The predicted octanol–water partition coefficient (Wildman–Crippen LogP) is -4.78. The maximum Gasteiger partial charge on any atom is 1.00 e. The van der Waals surface area contributed by atoms with E-state index in [9.17, 15) is 0 Å². The Bertz CT molecular complexity index is 118. The molecule has 0 aromatic rings. The standard InChI is InChI=1S/2C2H5NOS.Na.2H2O.H/c2*1-4-2(3)5;;;;/h2*1H3,(H2,3,5);;2*1H2;/q;;+1;;;-1. The molecule has 0 aromatic heterocycles. The molecule has 0 atom stereocenters. The molecule has 0 amide bonds. The average molecular weight is 242 g/mol. The average Bonchev–Trinajstić information content (AvgIpc) is 1.89. The van der Waals surface area contributed by atoms with Crippen LogP contribution in [0, 0.1) is 0 Å². The smallest absolute Gasteiger partial charge is 1.00 e. The Morgan fingerprint density at radius 2 is 1.08 bits per heavy atom. The van der Waals surface area contributed by atoms with Crippen molar-refractivity contribution in [1.82, 2.24) is 0 Å². The van der Waals surface area contributed by atoms with E-state index in [2.05, 4.69) is 33.9 Å². The number of ether oxygens (including phenoxy) is 2. The van der Waals surface area contributed by atoms with E-state index in [0.717, 1.165) is 0 Å². The second-order valence-electron chi connectivity index (χ2n) is 1.05. The molecule has 0 radical (unpaired) electrons. The van der Waals surface area contributed by atoms with Crippen molar-refractivity contribution >= 4 is 34.8 Å². The predicted molar refractivity (Wildman–Crippen MR) is 55.9 cm³/mol. The van der Waals surface area contributed by atoms with Crippen molar-refractivity contribution in [2.45, 2.75) is 0 Å². The number of thiocarbonyl (C=S) groups is 2. The minimum absolute atomic E-state index is 0. The zero-order chi connectivity index (χ0) is 8.57. The Balaban J connectivity index is -0.0000000178. The van der Waals surface area contributed by atoms with Gasteiger partial charge in [0.15, 0.2) is 0 Å². The Kier molecular flexibility index (Phi) is 51.2. The number of hydrogen-bond donors (Lipinski definition) is 2. The summed E-state index contributed by atoms with van der Waals surface area (Å²) in [7, 11) is 2.87. The number of hydrogen-bond acceptors (Lipinski definition) is 4. The van der Waals surface area contributed by atoms with Gasteiger partial charge >= 0.3 is 29.6 Å². The third-order valence-electron chi connectivity index (χ3n) is 0.402. The first kappa shape index (κ1) is 29.2. The molecular weight excluding hydrogens is 227 g/mol. The molecule has 0 unspecified atom stereocenters. The molecule has 0 aromatic carbocycles. The molecule has 0 heterocycles. The fourth-order valence-corrected chi connectivity index (χ4v) is 0. The zero-order valence-corrected chi connectivity index (χ0v) is 11.4. The van der Waals surface area contributed by atoms with E-state index < -0.39 is 0 Å². The fourth-order valence-electron chi connectivity index (χ4n) is 0. The normalized spacial score (nSPS) is 5.08. The fraction of sp³-hybridized carbons (Fsp3) is 0.500. The van der Waals surface area contributed by atoms with Gasteiger partial charge in [0, 0.05) is 0 Å². The number of rotatable bonds is 0. The van der Waals surface area contributed by atoms with Crippen molar-refractivity contribution in [3.63, 3.8) is 0 Å². The van der Waals surface area contributed by atoms with Gasteiger partial charge in [-0.15, -0.1) is 0 Å². The molecule has 0 aliphatic rings. The SMILES string of the molecule is COC(N)=S.COC(N)=S.O.O.[H-].[Na+]. The molecule has 78 valence electrons. The van der Waals surface area contributed by atoms with Crippen LogP contribution in [0.15, 0.2) is 0 Å². The molecule has 0 saturated heterocycles. The van der Waals surface area contributed by atoms with Gasteiger partial charge in [-0.3, -0.25) is 0 Å². The summed E-state index contributed by atoms with van der Waals surface area (Å²) in [6.45, 7) is 0. The van der Waals surface area contributed by atoms with Crippen molar-refractivity contribution in [2.24, 2.45) is 11.5 Å². The monoisotopic (exact) mass is 242 g/mol. The van der Waals surface area contributed by atoms with E-state index in [1.807, 2.05) is 0 Å². The number of methoxy groups -OCH3 is 2. The molecular formula is C4H15N2NaO4S2. The molecule has 6 nitrogen and oxygen atoms in total. The zero-order valence-electron chi connectivity index (χ0n) is 8.79. The summed E-state index contributed by atoms with van der Waals surface area (Å²) < 4.78 is 8.52. The van der Waals surface area contributed by atoms with E-state index in [1.54, 1.807) is 0 Å². The van der Waals surface area contributed by atoms with Crippen molar-refractivity contribution in [3.8, 4) is 0 Å². The summed E-state index contributed by atoms with van der Waals surface area (Å²) in [5.74, 6) is 0. The van der Waals surface area contributed by atoms with Crippen LogP contribution in [0.25, 0.3) is 0 Å². The topological polar surface area (TPSA) is 134 Å². The third kappa shape index (κ3) is 70.6.